The summed E-state index contributed by atoms with van der Waals surface area (Å²) in [6.07, 6.45) is 3.25. The van der Waals surface area contributed by atoms with Crippen LogP contribution in [0.2, 0.25) is 5.02 Å². The molecule has 2 aromatic carbocycles. The third kappa shape index (κ3) is 3.44. The van der Waals surface area contributed by atoms with Crippen LogP contribution in [0, 0.1) is 6.92 Å². The normalized spacial score (nSPS) is 12.4. The van der Waals surface area contributed by atoms with Crippen molar-refractivity contribution in [3.05, 3.63) is 69.5 Å². The Balaban J connectivity index is 1.98. The predicted molar refractivity (Wildman–Crippen MR) is 96.6 cm³/mol. The molecule has 0 radical (unpaired) electrons. The van der Waals surface area contributed by atoms with E-state index in [-0.39, 0.29) is 5.91 Å². The number of aryl methyl sites for hydroxylation is 2. The summed E-state index contributed by atoms with van der Waals surface area (Å²) in [7, 11) is 1.91. The van der Waals surface area contributed by atoms with Crippen LogP contribution >= 0.6 is 22.9 Å². The topological polar surface area (TPSA) is 34.4 Å². The van der Waals surface area contributed by atoms with Crippen molar-refractivity contribution in [1.82, 2.24) is 4.57 Å². The molecule has 116 valence electrons. The molecule has 0 spiro atoms. The molecule has 0 aliphatic rings. The van der Waals surface area contributed by atoms with Crippen molar-refractivity contribution in [2.75, 3.05) is 0 Å². The first kappa shape index (κ1) is 15.7. The number of rotatable bonds is 2. The van der Waals surface area contributed by atoms with Gasteiger partial charge in [0.15, 0.2) is 4.80 Å². The van der Waals surface area contributed by atoms with Gasteiger partial charge in [-0.2, -0.15) is 4.99 Å². The van der Waals surface area contributed by atoms with Crippen LogP contribution in [0.25, 0.3) is 16.3 Å². The van der Waals surface area contributed by atoms with Crippen LogP contribution in [0.3, 0.4) is 0 Å². The Kier molecular flexibility index (Phi) is 4.46. The minimum atomic E-state index is -0.278. The fourth-order valence-corrected chi connectivity index (χ4v) is 3.91. The second kappa shape index (κ2) is 6.52. The number of amides is 1. The Hall–Kier alpha value is -2.17. The quantitative estimate of drug-likeness (QED) is 0.638. The molecule has 3 rings (SSSR count). The van der Waals surface area contributed by atoms with Crippen molar-refractivity contribution in [2.45, 2.75) is 6.92 Å². The van der Waals surface area contributed by atoms with Gasteiger partial charge >= 0.3 is 0 Å². The summed E-state index contributed by atoms with van der Waals surface area (Å²) in [5.41, 5.74) is 3.09. The highest BCUT2D eigenvalue weighted by atomic mass is 35.5. The highest BCUT2D eigenvalue weighted by molar-refractivity contribution is 7.16. The van der Waals surface area contributed by atoms with E-state index in [0.717, 1.165) is 21.3 Å². The van der Waals surface area contributed by atoms with Crippen molar-refractivity contribution >= 4 is 45.1 Å². The maximum atomic E-state index is 12.1. The minimum absolute atomic E-state index is 0.278. The zero-order valence-electron chi connectivity index (χ0n) is 12.8. The van der Waals surface area contributed by atoms with E-state index in [9.17, 15) is 4.79 Å². The monoisotopic (exact) mass is 342 g/mol. The summed E-state index contributed by atoms with van der Waals surface area (Å²) < 4.78 is 2.95. The molecule has 0 aliphatic heterocycles. The van der Waals surface area contributed by atoms with E-state index < -0.39 is 0 Å². The zero-order valence-corrected chi connectivity index (χ0v) is 14.4. The van der Waals surface area contributed by atoms with Crippen molar-refractivity contribution < 1.29 is 4.79 Å². The second-order valence-corrected chi connectivity index (χ2v) is 6.65. The number of hydrogen-bond donors (Lipinski definition) is 0. The average molecular weight is 343 g/mol. The average Bonchev–Trinajstić information content (AvgIpc) is 2.82. The van der Waals surface area contributed by atoms with Gasteiger partial charge in [-0.1, -0.05) is 53.3 Å². The summed E-state index contributed by atoms with van der Waals surface area (Å²) in [5.74, 6) is -0.278. The van der Waals surface area contributed by atoms with E-state index >= 15 is 0 Å². The van der Waals surface area contributed by atoms with Gasteiger partial charge in [0.1, 0.15) is 0 Å². The number of thiazole rings is 1. The SMILES string of the molecule is Cc1cc(Cl)cc2sc(=NC(=O)/C=C/c3ccccc3)n(C)c12. The maximum absolute atomic E-state index is 12.1. The minimum Gasteiger partial charge on any atom is -0.319 e. The molecule has 0 unspecified atom stereocenters. The van der Waals surface area contributed by atoms with Crippen molar-refractivity contribution in [3.63, 3.8) is 0 Å². The Labute approximate surface area is 143 Å². The molecule has 0 bridgehead atoms. The highest BCUT2D eigenvalue weighted by Crippen LogP contribution is 2.25. The number of aromatic nitrogens is 1. The summed E-state index contributed by atoms with van der Waals surface area (Å²) in [6, 6.07) is 13.5. The highest BCUT2D eigenvalue weighted by Gasteiger charge is 2.07. The number of fused-ring (bicyclic) bond motifs is 1. The fraction of sp³-hybridized carbons (Fsp3) is 0.111. The van der Waals surface area contributed by atoms with Gasteiger partial charge in [0.25, 0.3) is 5.91 Å². The molecule has 0 atom stereocenters. The fourth-order valence-electron chi connectivity index (χ4n) is 2.44. The van der Waals surface area contributed by atoms with Gasteiger partial charge in [-0.3, -0.25) is 4.79 Å². The second-order valence-electron chi connectivity index (χ2n) is 5.21. The van der Waals surface area contributed by atoms with Crippen LogP contribution in [0.15, 0.2) is 53.5 Å². The number of halogens is 1. The van der Waals surface area contributed by atoms with Gasteiger partial charge in [0, 0.05) is 18.1 Å². The van der Waals surface area contributed by atoms with Crippen LogP contribution in [0.4, 0.5) is 0 Å². The first-order valence-corrected chi connectivity index (χ1v) is 8.31. The third-order valence-corrected chi connectivity index (χ3v) is 4.77. The first-order chi connectivity index (χ1) is 11.0. The molecule has 3 nitrogen and oxygen atoms in total. The largest absolute Gasteiger partial charge is 0.319 e. The van der Waals surface area contributed by atoms with Gasteiger partial charge in [-0.15, -0.1) is 0 Å². The molecule has 1 heterocycles. The lowest BCUT2D eigenvalue weighted by atomic mass is 10.2. The number of carbonyl (C=O) groups excluding carboxylic acids is 1. The molecule has 0 saturated heterocycles. The molecule has 1 aromatic heterocycles. The van der Waals surface area contributed by atoms with Crippen LogP contribution in [-0.2, 0) is 11.8 Å². The van der Waals surface area contributed by atoms with E-state index in [1.165, 1.54) is 17.4 Å². The summed E-state index contributed by atoms with van der Waals surface area (Å²) >= 11 is 7.56. The molecular formula is C18H15ClN2OS. The van der Waals surface area contributed by atoms with Crippen LogP contribution in [0.5, 0.6) is 0 Å². The van der Waals surface area contributed by atoms with E-state index in [0.29, 0.717) is 9.82 Å². The standard InChI is InChI=1S/C18H15ClN2OS/c1-12-10-14(19)11-15-17(12)21(2)18(23-15)20-16(22)9-8-13-6-4-3-5-7-13/h3-11H,1-2H3/b9-8+,20-18?. The molecule has 3 aromatic rings. The molecule has 0 aliphatic carbocycles. The van der Waals surface area contributed by atoms with E-state index in [4.69, 9.17) is 11.6 Å². The smallest absolute Gasteiger partial charge is 0.272 e. The van der Waals surface area contributed by atoms with E-state index in [2.05, 4.69) is 4.99 Å². The maximum Gasteiger partial charge on any atom is 0.272 e. The summed E-state index contributed by atoms with van der Waals surface area (Å²) in [4.78, 5) is 16.9. The van der Waals surface area contributed by atoms with Gasteiger partial charge < -0.3 is 4.57 Å². The first-order valence-electron chi connectivity index (χ1n) is 7.12. The number of hydrogen-bond acceptors (Lipinski definition) is 2. The lowest BCUT2D eigenvalue weighted by molar-refractivity contribution is -0.113. The Morgan fingerprint density at radius 2 is 2.00 bits per heavy atom. The zero-order chi connectivity index (χ0) is 16.4. The van der Waals surface area contributed by atoms with Gasteiger partial charge in [0.05, 0.1) is 10.2 Å². The Morgan fingerprint density at radius 3 is 2.74 bits per heavy atom. The number of nitrogens with zero attached hydrogens (tertiary/aromatic N) is 2. The molecule has 0 N–H and O–H groups in total. The number of benzene rings is 2. The van der Waals surface area contributed by atoms with Gasteiger partial charge in [-0.25, -0.2) is 0 Å². The van der Waals surface area contributed by atoms with Crippen LogP contribution in [0.1, 0.15) is 11.1 Å². The lowest BCUT2D eigenvalue weighted by Gasteiger charge is -2.00. The van der Waals surface area contributed by atoms with E-state index in [1.54, 1.807) is 6.08 Å². The number of carbonyl (C=O) groups is 1. The molecule has 1 amide bonds. The lowest BCUT2D eigenvalue weighted by Crippen LogP contribution is -2.12. The third-order valence-electron chi connectivity index (χ3n) is 3.48. The van der Waals surface area contributed by atoms with Crippen LogP contribution in [-0.4, -0.2) is 10.5 Å². The summed E-state index contributed by atoms with van der Waals surface area (Å²) in [6.45, 7) is 2.00. The van der Waals surface area contributed by atoms with Gasteiger partial charge in [0.2, 0.25) is 0 Å². The Bertz CT molecular complexity index is 968. The molecular weight excluding hydrogens is 328 g/mol. The summed E-state index contributed by atoms with van der Waals surface area (Å²) in [5, 5.41) is 0.693. The molecule has 5 heteroatoms. The molecule has 0 fully saturated rings. The van der Waals surface area contributed by atoms with Crippen molar-refractivity contribution in [1.29, 1.82) is 0 Å². The van der Waals surface area contributed by atoms with Gasteiger partial charge in [-0.05, 0) is 36.3 Å². The molecule has 0 saturated carbocycles. The van der Waals surface area contributed by atoms with Crippen molar-refractivity contribution in [2.24, 2.45) is 12.0 Å². The predicted octanol–water partition coefficient (Wildman–Crippen LogP) is 4.34. The van der Waals surface area contributed by atoms with Crippen molar-refractivity contribution in [3.8, 4) is 0 Å². The van der Waals surface area contributed by atoms with Crippen LogP contribution < -0.4 is 4.80 Å². The Morgan fingerprint density at radius 1 is 1.26 bits per heavy atom. The molecule has 23 heavy (non-hydrogen) atoms. The van der Waals surface area contributed by atoms with E-state index in [1.807, 2.05) is 61.0 Å².